The van der Waals surface area contributed by atoms with Crippen LogP contribution in [0.25, 0.3) is 0 Å². The van der Waals surface area contributed by atoms with Crippen LogP contribution in [0, 0.1) is 18.8 Å². The highest BCUT2D eigenvalue weighted by molar-refractivity contribution is 5.70. The van der Waals surface area contributed by atoms with E-state index in [1.54, 1.807) is 0 Å². The third kappa shape index (κ3) is 3.73. The van der Waals surface area contributed by atoms with Gasteiger partial charge < -0.3 is 14.7 Å². The maximum atomic E-state index is 11.5. The van der Waals surface area contributed by atoms with Crippen molar-refractivity contribution in [3.63, 3.8) is 0 Å². The second-order valence-electron chi connectivity index (χ2n) is 5.51. The molecule has 0 aromatic heterocycles. The first-order valence-electron chi connectivity index (χ1n) is 7.24. The van der Waals surface area contributed by atoms with Gasteiger partial charge in [0.25, 0.3) is 0 Å². The van der Waals surface area contributed by atoms with E-state index in [0.717, 1.165) is 31.8 Å². The van der Waals surface area contributed by atoms with Gasteiger partial charge in [0.05, 0.1) is 5.92 Å². The van der Waals surface area contributed by atoms with Crippen LogP contribution >= 0.6 is 0 Å². The van der Waals surface area contributed by atoms with Gasteiger partial charge in [0.1, 0.15) is 12.4 Å². The molecule has 2 atom stereocenters. The second kappa shape index (κ2) is 6.75. The summed E-state index contributed by atoms with van der Waals surface area (Å²) < 4.78 is 5.67. The zero-order valence-corrected chi connectivity index (χ0v) is 12.2. The molecule has 20 heavy (non-hydrogen) atoms. The van der Waals surface area contributed by atoms with Crippen LogP contribution in [0.15, 0.2) is 24.3 Å². The first-order chi connectivity index (χ1) is 9.60. The summed E-state index contributed by atoms with van der Waals surface area (Å²) in [5.74, 6) is -0.238. The Hall–Kier alpha value is -1.55. The van der Waals surface area contributed by atoms with Gasteiger partial charge in [-0.1, -0.05) is 24.6 Å². The molecule has 4 heteroatoms. The van der Waals surface area contributed by atoms with Gasteiger partial charge in [-0.2, -0.15) is 0 Å². The number of carbonyl (C=O) groups is 1. The highest BCUT2D eigenvalue weighted by Crippen LogP contribution is 2.25. The minimum atomic E-state index is -0.750. The molecule has 0 saturated carbocycles. The van der Waals surface area contributed by atoms with Crippen LogP contribution in [0.1, 0.15) is 18.9 Å². The Balaban J connectivity index is 1.93. The predicted octanol–water partition coefficient (Wildman–Crippen LogP) is 2.42. The molecular weight excluding hydrogens is 254 g/mol. The van der Waals surface area contributed by atoms with Crippen LogP contribution in [-0.4, -0.2) is 42.2 Å². The number of benzene rings is 1. The summed E-state index contributed by atoms with van der Waals surface area (Å²) in [4.78, 5) is 13.8. The van der Waals surface area contributed by atoms with Crippen LogP contribution in [0.3, 0.4) is 0 Å². The molecule has 1 aliphatic heterocycles. The average molecular weight is 277 g/mol. The molecule has 110 valence electrons. The number of likely N-dealkylation sites (tertiary alicyclic amines) is 1. The number of nitrogens with zero attached hydrogens (tertiary/aromatic N) is 1. The van der Waals surface area contributed by atoms with E-state index in [4.69, 9.17) is 4.74 Å². The van der Waals surface area contributed by atoms with Crippen molar-refractivity contribution in [3.8, 4) is 5.75 Å². The molecule has 0 radical (unpaired) electrons. The van der Waals surface area contributed by atoms with Crippen LogP contribution in [0.4, 0.5) is 0 Å². The van der Waals surface area contributed by atoms with E-state index in [0.29, 0.717) is 0 Å². The molecule has 0 spiro atoms. The molecule has 0 bridgehead atoms. The number of hydrogen-bond acceptors (Lipinski definition) is 3. The number of ether oxygens (including phenoxy) is 1. The van der Waals surface area contributed by atoms with Crippen molar-refractivity contribution in [1.82, 2.24) is 4.90 Å². The SMILES string of the molecule is CCN1CCC(C(COc2ccc(C)cc2)C(=O)O)C1. The predicted molar refractivity (Wildman–Crippen MR) is 78.0 cm³/mol. The van der Waals surface area contributed by atoms with Crippen LogP contribution in [0.2, 0.25) is 0 Å². The molecule has 1 heterocycles. The van der Waals surface area contributed by atoms with Gasteiger partial charge in [-0.25, -0.2) is 0 Å². The first kappa shape index (κ1) is 14.9. The minimum Gasteiger partial charge on any atom is -0.493 e. The summed E-state index contributed by atoms with van der Waals surface area (Å²) in [6.07, 6.45) is 0.946. The van der Waals surface area contributed by atoms with Crippen molar-refractivity contribution < 1.29 is 14.6 Å². The summed E-state index contributed by atoms with van der Waals surface area (Å²) in [7, 11) is 0. The third-order valence-electron chi connectivity index (χ3n) is 4.09. The Kier molecular flexibility index (Phi) is 5.01. The van der Waals surface area contributed by atoms with Crippen LogP contribution in [0.5, 0.6) is 5.75 Å². The van der Waals surface area contributed by atoms with E-state index >= 15 is 0 Å². The number of rotatable bonds is 6. The van der Waals surface area contributed by atoms with Crippen LogP contribution in [-0.2, 0) is 4.79 Å². The molecule has 1 saturated heterocycles. The van der Waals surface area contributed by atoms with Gasteiger partial charge in [0.15, 0.2) is 0 Å². The Labute approximate surface area is 120 Å². The van der Waals surface area contributed by atoms with E-state index in [1.807, 2.05) is 31.2 Å². The summed E-state index contributed by atoms with van der Waals surface area (Å²) in [6.45, 7) is 7.23. The molecular formula is C16H23NO3. The van der Waals surface area contributed by atoms with Gasteiger partial charge in [0, 0.05) is 6.54 Å². The lowest BCUT2D eigenvalue weighted by Gasteiger charge is -2.20. The van der Waals surface area contributed by atoms with Crippen molar-refractivity contribution in [2.45, 2.75) is 20.3 Å². The van der Waals surface area contributed by atoms with E-state index in [1.165, 1.54) is 5.56 Å². The molecule has 1 aromatic rings. The first-order valence-corrected chi connectivity index (χ1v) is 7.24. The molecule has 1 aromatic carbocycles. The van der Waals surface area contributed by atoms with Crippen molar-refractivity contribution in [1.29, 1.82) is 0 Å². The zero-order chi connectivity index (χ0) is 14.5. The monoisotopic (exact) mass is 277 g/mol. The third-order valence-corrected chi connectivity index (χ3v) is 4.09. The Morgan fingerprint density at radius 1 is 1.45 bits per heavy atom. The van der Waals surface area contributed by atoms with Crippen molar-refractivity contribution in [3.05, 3.63) is 29.8 Å². The zero-order valence-electron chi connectivity index (χ0n) is 12.2. The Morgan fingerprint density at radius 3 is 2.70 bits per heavy atom. The number of carboxylic acid groups (broad SMARTS) is 1. The highest BCUT2D eigenvalue weighted by Gasteiger charge is 2.33. The summed E-state index contributed by atoms with van der Waals surface area (Å²) >= 11 is 0. The van der Waals surface area contributed by atoms with Crippen molar-refractivity contribution in [2.24, 2.45) is 11.8 Å². The lowest BCUT2D eigenvalue weighted by molar-refractivity contribution is -0.144. The topological polar surface area (TPSA) is 49.8 Å². The average Bonchev–Trinajstić information content (AvgIpc) is 2.89. The van der Waals surface area contributed by atoms with Crippen molar-refractivity contribution >= 4 is 5.97 Å². The van der Waals surface area contributed by atoms with E-state index in [2.05, 4.69) is 11.8 Å². The quantitative estimate of drug-likeness (QED) is 0.867. The fourth-order valence-corrected chi connectivity index (χ4v) is 2.71. The minimum absolute atomic E-state index is 0.192. The van der Waals surface area contributed by atoms with Gasteiger partial charge >= 0.3 is 5.97 Å². The molecule has 1 fully saturated rings. The molecule has 0 aliphatic carbocycles. The second-order valence-corrected chi connectivity index (χ2v) is 5.51. The maximum Gasteiger partial charge on any atom is 0.310 e. The lowest BCUT2D eigenvalue weighted by atomic mass is 9.92. The van der Waals surface area contributed by atoms with E-state index in [9.17, 15) is 9.90 Å². The number of hydrogen-bond donors (Lipinski definition) is 1. The van der Waals surface area contributed by atoms with Gasteiger partial charge in [0.2, 0.25) is 0 Å². The number of aliphatic carboxylic acids is 1. The van der Waals surface area contributed by atoms with Crippen molar-refractivity contribution in [2.75, 3.05) is 26.2 Å². The Bertz CT molecular complexity index is 444. The van der Waals surface area contributed by atoms with Gasteiger partial charge in [-0.15, -0.1) is 0 Å². The molecule has 1 aliphatic rings. The standard InChI is InChI=1S/C16H23NO3/c1-3-17-9-8-13(10-17)15(16(18)19)11-20-14-6-4-12(2)5-7-14/h4-7,13,15H,3,8-11H2,1-2H3,(H,18,19). The summed E-state index contributed by atoms with van der Waals surface area (Å²) in [6, 6.07) is 7.72. The molecule has 1 N–H and O–H groups in total. The fourth-order valence-electron chi connectivity index (χ4n) is 2.71. The largest absolute Gasteiger partial charge is 0.493 e. The molecule has 0 amide bonds. The smallest absolute Gasteiger partial charge is 0.310 e. The number of carboxylic acids is 1. The van der Waals surface area contributed by atoms with E-state index in [-0.39, 0.29) is 12.5 Å². The molecule has 2 unspecified atom stereocenters. The summed E-state index contributed by atoms with van der Waals surface area (Å²) in [5.41, 5.74) is 1.17. The van der Waals surface area contributed by atoms with Gasteiger partial charge in [-0.05, 0) is 44.5 Å². The Morgan fingerprint density at radius 2 is 2.15 bits per heavy atom. The lowest BCUT2D eigenvalue weighted by Crippen LogP contribution is -2.31. The summed E-state index contributed by atoms with van der Waals surface area (Å²) in [5, 5.41) is 9.42. The molecule has 2 rings (SSSR count). The molecule has 4 nitrogen and oxygen atoms in total. The number of aryl methyl sites for hydroxylation is 1. The normalized spacial score (nSPS) is 20.8. The van der Waals surface area contributed by atoms with E-state index < -0.39 is 11.9 Å². The maximum absolute atomic E-state index is 11.5. The van der Waals surface area contributed by atoms with Crippen LogP contribution < -0.4 is 4.74 Å². The van der Waals surface area contributed by atoms with Gasteiger partial charge in [-0.3, -0.25) is 4.79 Å². The highest BCUT2D eigenvalue weighted by atomic mass is 16.5. The fraction of sp³-hybridized carbons (Fsp3) is 0.562.